The molecule has 0 saturated heterocycles. The zero-order chi connectivity index (χ0) is 15.4. The molecule has 4 N–H and O–H groups in total. The van der Waals surface area contributed by atoms with E-state index in [0.717, 1.165) is 6.26 Å². The maximum atomic E-state index is 11.9. The fraction of sp³-hybridized carbons (Fsp3) is 0.400. The van der Waals surface area contributed by atoms with Crippen LogP contribution >= 0.6 is 15.9 Å². The minimum absolute atomic E-state index is 0.0641. The fourth-order valence-corrected chi connectivity index (χ4v) is 3.20. The first-order valence-corrected chi connectivity index (χ1v) is 9.78. The average Bonchev–Trinajstić information content (AvgIpc) is 2.30. The van der Waals surface area contributed by atoms with Crippen LogP contribution in [0.25, 0.3) is 0 Å². The quantitative estimate of drug-likeness (QED) is 0.459. The molecule has 1 rings (SSSR count). The lowest BCUT2D eigenvalue weighted by molar-refractivity contribution is 0.575. The van der Waals surface area contributed by atoms with Crippen LogP contribution in [-0.2, 0) is 20.0 Å². The number of sulfonamides is 2. The van der Waals surface area contributed by atoms with Crippen molar-refractivity contribution in [1.29, 1.82) is 0 Å². The lowest BCUT2D eigenvalue weighted by atomic mass is 10.3. The molecule has 1 aromatic rings. The second-order valence-corrected chi connectivity index (χ2v) is 8.56. The summed E-state index contributed by atoms with van der Waals surface area (Å²) in [6.45, 7) is 0.296. The number of anilines is 1. The van der Waals surface area contributed by atoms with Crippen LogP contribution in [0.15, 0.2) is 27.6 Å². The second kappa shape index (κ2) is 6.85. The van der Waals surface area contributed by atoms with Crippen LogP contribution in [0.2, 0.25) is 0 Å². The van der Waals surface area contributed by atoms with Crippen molar-refractivity contribution in [3.05, 3.63) is 22.7 Å². The molecule has 0 amide bonds. The Kier molecular flexibility index (Phi) is 5.95. The molecule has 0 radical (unpaired) electrons. The predicted molar refractivity (Wildman–Crippen MR) is 81.2 cm³/mol. The Hall–Kier alpha value is -0.680. The third-order valence-corrected chi connectivity index (χ3v) is 5.20. The van der Waals surface area contributed by atoms with Crippen LogP contribution in [-0.4, -0.2) is 36.2 Å². The van der Waals surface area contributed by atoms with Crippen LogP contribution in [0.5, 0.6) is 0 Å². The van der Waals surface area contributed by atoms with E-state index in [0.29, 0.717) is 16.6 Å². The molecular formula is C10H16BrN3O4S2. The number of rotatable bonds is 7. The Morgan fingerprint density at radius 1 is 1.15 bits per heavy atom. The number of hydrogen-bond acceptors (Lipinski definition) is 5. The van der Waals surface area contributed by atoms with Gasteiger partial charge in [-0.2, -0.15) is 0 Å². The molecule has 0 fully saturated rings. The molecule has 114 valence electrons. The second-order valence-electron chi connectivity index (χ2n) is 4.10. The molecule has 7 nitrogen and oxygen atoms in total. The van der Waals surface area contributed by atoms with Gasteiger partial charge in [-0.15, -0.1) is 0 Å². The summed E-state index contributed by atoms with van der Waals surface area (Å²) >= 11 is 3.18. The summed E-state index contributed by atoms with van der Waals surface area (Å²) < 4.78 is 50.8. The van der Waals surface area contributed by atoms with Crippen LogP contribution in [0.3, 0.4) is 0 Å². The number of benzene rings is 1. The van der Waals surface area contributed by atoms with Crippen LogP contribution in [0, 0.1) is 0 Å². The Morgan fingerprint density at radius 2 is 1.75 bits per heavy atom. The Morgan fingerprint density at radius 3 is 2.30 bits per heavy atom. The summed E-state index contributed by atoms with van der Waals surface area (Å²) in [5.74, 6) is 0. The molecule has 0 aromatic heterocycles. The molecule has 0 heterocycles. The SMILES string of the molecule is CS(=O)(=O)NCCCNS(=O)(=O)c1ccc(Br)c(N)c1. The highest BCUT2D eigenvalue weighted by atomic mass is 79.9. The topological polar surface area (TPSA) is 118 Å². The van der Waals surface area contributed by atoms with E-state index in [-0.39, 0.29) is 18.0 Å². The van der Waals surface area contributed by atoms with Gasteiger partial charge in [0, 0.05) is 23.2 Å². The number of hydrogen-bond donors (Lipinski definition) is 3. The molecule has 0 saturated carbocycles. The van der Waals surface area contributed by atoms with Crippen molar-refractivity contribution in [2.45, 2.75) is 11.3 Å². The summed E-state index contributed by atoms with van der Waals surface area (Å²) in [7, 11) is -6.90. The van der Waals surface area contributed by atoms with E-state index < -0.39 is 20.0 Å². The van der Waals surface area contributed by atoms with Gasteiger partial charge in [0.05, 0.1) is 11.2 Å². The first kappa shape index (κ1) is 17.4. The van der Waals surface area contributed by atoms with E-state index in [2.05, 4.69) is 25.4 Å². The number of halogens is 1. The van der Waals surface area contributed by atoms with E-state index in [1.54, 1.807) is 6.07 Å². The molecule has 0 atom stereocenters. The molecule has 10 heteroatoms. The van der Waals surface area contributed by atoms with Gasteiger partial charge in [0.2, 0.25) is 20.0 Å². The van der Waals surface area contributed by atoms with Crippen LogP contribution < -0.4 is 15.2 Å². The van der Waals surface area contributed by atoms with Crippen molar-refractivity contribution in [2.75, 3.05) is 25.1 Å². The fourth-order valence-electron chi connectivity index (χ4n) is 1.32. The zero-order valence-corrected chi connectivity index (χ0v) is 14.0. The van der Waals surface area contributed by atoms with Gasteiger partial charge in [-0.1, -0.05) is 0 Å². The number of nitrogens with two attached hydrogens (primary N) is 1. The van der Waals surface area contributed by atoms with Crippen LogP contribution in [0.1, 0.15) is 6.42 Å². The third-order valence-electron chi connectivity index (χ3n) is 2.29. The van der Waals surface area contributed by atoms with E-state index >= 15 is 0 Å². The van der Waals surface area contributed by atoms with Crippen molar-refractivity contribution in [3.63, 3.8) is 0 Å². The van der Waals surface area contributed by atoms with Crippen molar-refractivity contribution < 1.29 is 16.8 Å². The van der Waals surface area contributed by atoms with Gasteiger partial charge in [0.1, 0.15) is 0 Å². The summed E-state index contributed by atoms with van der Waals surface area (Å²) in [6.07, 6.45) is 1.39. The lowest BCUT2D eigenvalue weighted by Crippen LogP contribution is -2.29. The standard InChI is InChI=1S/C10H16BrN3O4S2/c1-19(15,16)13-5-2-6-14-20(17,18)8-3-4-9(11)10(12)7-8/h3-4,7,13-14H,2,5-6,12H2,1H3. The van der Waals surface area contributed by atoms with Crippen molar-refractivity contribution in [3.8, 4) is 0 Å². The van der Waals surface area contributed by atoms with Gasteiger partial charge < -0.3 is 5.73 Å². The molecule has 0 unspecified atom stereocenters. The summed E-state index contributed by atoms with van der Waals surface area (Å²) in [5, 5.41) is 0. The minimum Gasteiger partial charge on any atom is -0.398 e. The maximum Gasteiger partial charge on any atom is 0.240 e. The number of nitrogen functional groups attached to an aromatic ring is 1. The summed E-state index contributed by atoms with van der Waals surface area (Å²) in [5.41, 5.74) is 5.95. The molecular weight excluding hydrogens is 370 g/mol. The summed E-state index contributed by atoms with van der Waals surface area (Å²) in [6, 6.07) is 4.33. The van der Waals surface area contributed by atoms with E-state index in [9.17, 15) is 16.8 Å². The molecule has 0 spiro atoms. The highest BCUT2D eigenvalue weighted by Gasteiger charge is 2.14. The predicted octanol–water partition coefficient (Wildman–Crippen LogP) is 0.249. The molecule has 0 aliphatic carbocycles. The Bertz CT molecular complexity index is 674. The molecule has 0 bridgehead atoms. The van der Waals surface area contributed by atoms with E-state index in [1.807, 2.05) is 0 Å². The molecule has 20 heavy (non-hydrogen) atoms. The van der Waals surface area contributed by atoms with E-state index in [1.165, 1.54) is 12.1 Å². The van der Waals surface area contributed by atoms with Crippen molar-refractivity contribution in [2.24, 2.45) is 0 Å². The van der Waals surface area contributed by atoms with Gasteiger partial charge in [-0.05, 0) is 40.5 Å². The Labute approximate surface area is 127 Å². The van der Waals surface area contributed by atoms with Crippen LogP contribution in [0.4, 0.5) is 5.69 Å². The average molecular weight is 386 g/mol. The smallest absolute Gasteiger partial charge is 0.240 e. The minimum atomic E-state index is -3.64. The van der Waals surface area contributed by atoms with Crippen molar-refractivity contribution >= 4 is 41.7 Å². The van der Waals surface area contributed by atoms with Gasteiger partial charge in [0.15, 0.2) is 0 Å². The normalized spacial score (nSPS) is 12.5. The van der Waals surface area contributed by atoms with Gasteiger partial charge in [0.25, 0.3) is 0 Å². The Balaban J connectivity index is 2.56. The molecule has 0 aliphatic heterocycles. The highest BCUT2D eigenvalue weighted by molar-refractivity contribution is 9.10. The van der Waals surface area contributed by atoms with E-state index in [4.69, 9.17) is 5.73 Å². The largest absolute Gasteiger partial charge is 0.398 e. The number of nitrogens with one attached hydrogen (secondary N) is 2. The first-order chi connectivity index (χ1) is 9.12. The lowest BCUT2D eigenvalue weighted by Gasteiger charge is -2.08. The molecule has 0 aliphatic rings. The van der Waals surface area contributed by atoms with Crippen molar-refractivity contribution in [1.82, 2.24) is 9.44 Å². The highest BCUT2D eigenvalue weighted by Crippen LogP contribution is 2.22. The third kappa shape index (κ3) is 5.75. The monoisotopic (exact) mass is 385 g/mol. The molecule has 1 aromatic carbocycles. The maximum absolute atomic E-state index is 11.9. The zero-order valence-electron chi connectivity index (χ0n) is 10.8. The van der Waals surface area contributed by atoms with Gasteiger partial charge in [-0.25, -0.2) is 26.3 Å². The van der Waals surface area contributed by atoms with Gasteiger partial charge in [-0.3, -0.25) is 0 Å². The summed E-state index contributed by atoms with van der Waals surface area (Å²) in [4.78, 5) is 0.0641. The first-order valence-electron chi connectivity index (χ1n) is 5.61. The van der Waals surface area contributed by atoms with Gasteiger partial charge >= 0.3 is 0 Å².